The number of ketones is 1. The van der Waals surface area contributed by atoms with E-state index in [1.54, 1.807) is 5.57 Å². The van der Waals surface area contributed by atoms with Crippen molar-refractivity contribution >= 4 is 11.8 Å². The molecule has 0 heterocycles. The first-order valence-corrected chi connectivity index (χ1v) is 12.2. The van der Waals surface area contributed by atoms with Gasteiger partial charge in [0.25, 0.3) is 0 Å². The molecule has 162 valence electrons. The van der Waals surface area contributed by atoms with Crippen LogP contribution in [0.25, 0.3) is 0 Å². The van der Waals surface area contributed by atoms with E-state index in [9.17, 15) is 9.59 Å². The average Bonchev–Trinajstić information content (AvgIpc) is 3.04. The summed E-state index contributed by atoms with van der Waals surface area (Å²) in [6.45, 7) is 8.83. The molecule has 0 aromatic heterocycles. The summed E-state index contributed by atoms with van der Waals surface area (Å²) in [4.78, 5) is 24.4. The van der Waals surface area contributed by atoms with Crippen molar-refractivity contribution < 1.29 is 14.3 Å². The van der Waals surface area contributed by atoms with Crippen LogP contribution in [0.5, 0.6) is 0 Å². The normalized spacial score (nSPS) is 43.6. The van der Waals surface area contributed by atoms with Gasteiger partial charge in [-0.3, -0.25) is 9.59 Å². The van der Waals surface area contributed by atoms with Gasteiger partial charge in [0.05, 0.1) is 0 Å². The summed E-state index contributed by atoms with van der Waals surface area (Å²) in [5.74, 6) is 2.86. The van der Waals surface area contributed by atoms with Crippen molar-refractivity contribution in [3.8, 4) is 0 Å². The lowest BCUT2D eigenvalue weighted by Gasteiger charge is -2.58. The van der Waals surface area contributed by atoms with Crippen LogP contribution in [0.2, 0.25) is 0 Å². The number of Topliss-reactive ketones (excluding diaryl/α,β-unsaturated/α-hetero) is 1. The second kappa shape index (κ2) is 7.85. The molecule has 3 nitrogen and oxygen atoms in total. The van der Waals surface area contributed by atoms with Crippen LogP contribution in [0.3, 0.4) is 0 Å². The van der Waals surface area contributed by atoms with Crippen molar-refractivity contribution in [1.29, 1.82) is 0 Å². The maximum atomic E-state index is 12.3. The number of allylic oxidation sites excluding steroid dienone is 1. The fourth-order valence-corrected chi connectivity index (χ4v) is 7.96. The quantitative estimate of drug-likeness (QED) is 0.404. The zero-order chi connectivity index (χ0) is 20.8. The first kappa shape index (κ1) is 21.1. The maximum Gasteiger partial charge on any atom is 0.306 e. The molecule has 0 radical (unpaired) electrons. The molecule has 4 aliphatic rings. The monoisotopic (exact) mass is 400 g/mol. The first-order valence-electron chi connectivity index (χ1n) is 12.2. The largest absolute Gasteiger partial charge is 0.462 e. The predicted molar refractivity (Wildman–Crippen MR) is 115 cm³/mol. The Hall–Kier alpha value is -1.12. The Balaban J connectivity index is 1.48. The molecule has 7 unspecified atom stereocenters. The minimum atomic E-state index is -0.00981. The number of fused-ring (bicyclic) bond motifs is 5. The van der Waals surface area contributed by atoms with Gasteiger partial charge in [0.2, 0.25) is 0 Å². The van der Waals surface area contributed by atoms with Gasteiger partial charge in [0.15, 0.2) is 0 Å². The highest BCUT2D eigenvalue weighted by molar-refractivity contribution is 5.79. The van der Waals surface area contributed by atoms with E-state index in [4.69, 9.17) is 4.74 Å². The van der Waals surface area contributed by atoms with Crippen LogP contribution in [0, 0.1) is 34.5 Å². The van der Waals surface area contributed by atoms with Gasteiger partial charge in [-0.05, 0) is 86.9 Å². The summed E-state index contributed by atoms with van der Waals surface area (Å²) in [6, 6.07) is 0. The SMILES string of the molecule is CCCCC(=O)OC1CCC2(C)C(=CCC3C2CCC2(C)C(C(C)=O)CCC32)C1. The number of unbranched alkanes of at least 4 members (excludes halogenated alkanes) is 1. The van der Waals surface area contributed by atoms with Gasteiger partial charge >= 0.3 is 5.97 Å². The van der Waals surface area contributed by atoms with E-state index in [-0.39, 0.29) is 28.8 Å². The Morgan fingerprint density at radius 1 is 1.10 bits per heavy atom. The van der Waals surface area contributed by atoms with E-state index in [1.807, 2.05) is 6.92 Å². The topological polar surface area (TPSA) is 43.4 Å². The average molecular weight is 401 g/mol. The van der Waals surface area contributed by atoms with Crippen LogP contribution in [0.15, 0.2) is 11.6 Å². The highest BCUT2D eigenvalue weighted by Gasteiger charge is 2.59. The number of hydrogen-bond donors (Lipinski definition) is 0. The molecule has 29 heavy (non-hydrogen) atoms. The zero-order valence-electron chi connectivity index (χ0n) is 19.0. The van der Waals surface area contributed by atoms with Crippen molar-refractivity contribution in [3.05, 3.63) is 11.6 Å². The molecule has 0 aromatic carbocycles. The van der Waals surface area contributed by atoms with Gasteiger partial charge in [0.1, 0.15) is 11.9 Å². The lowest BCUT2D eigenvalue weighted by atomic mass is 9.47. The van der Waals surface area contributed by atoms with Gasteiger partial charge in [-0.1, -0.05) is 38.8 Å². The van der Waals surface area contributed by atoms with Gasteiger partial charge in [0, 0.05) is 18.8 Å². The van der Waals surface area contributed by atoms with Crippen molar-refractivity contribution in [1.82, 2.24) is 0 Å². The Morgan fingerprint density at radius 2 is 1.90 bits per heavy atom. The van der Waals surface area contributed by atoms with E-state index in [0.29, 0.717) is 18.1 Å². The highest BCUT2D eigenvalue weighted by atomic mass is 16.5. The summed E-state index contributed by atoms with van der Waals surface area (Å²) in [6.07, 6.45) is 14.2. The smallest absolute Gasteiger partial charge is 0.306 e. The molecule has 4 aliphatic carbocycles. The zero-order valence-corrected chi connectivity index (χ0v) is 19.0. The fraction of sp³-hybridized carbons (Fsp3) is 0.846. The molecule has 0 saturated heterocycles. The molecular weight excluding hydrogens is 360 g/mol. The second-order valence-electron chi connectivity index (χ2n) is 11.0. The van der Waals surface area contributed by atoms with E-state index < -0.39 is 0 Å². The van der Waals surface area contributed by atoms with E-state index in [0.717, 1.165) is 56.8 Å². The van der Waals surface area contributed by atoms with Gasteiger partial charge in [-0.2, -0.15) is 0 Å². The highest BCUT2D eigenvalue weighted by Crippen LogP contribution is 2.66. The van der Waals surface area contributed by atoms with Crippen molar-refractivity contribution in [2.75, 3.05) is 0 Å². The number of hydrogen-bond acceptors (Lipinski definition) is 3. The van der Waals surface area contributed by atoms with Crippen molar-refractivity contribution in [2.45, 2.75) is 104 Å². The standard InChI is InChI=1S/C26H40O3/c1-5-6-7-24(28)29-19-12-14-25(3)18(16-19)8-9-20-22-11-10-21(17(2)27)26(22,4)15-13-23(20)25/h8,19-23H,5-7,9-16H2,1-4H3. The van der Waals surface area contributed by atoms with Gasteiger partial charge in [-0.15, -0.1) is 0 Å². The predicted octanol–water partition coefficient (Wildman–Crippen LogP) is 6.26. The minimum absolute atomic E-state index is 0.00981. The van der Waals surface area contributed by atoms with Crippen LogP contribution in [0.1, 0.15) is 98.3 Å². The molecule has 3 heteroatoms. The van der Waals surface area contributed by atoms with Crippen molar-refractivity contribution in [2.24, 2.45) is 34.5 Å². The van der Waals surface area contributed by atoms with Crippen molar-refractivity contribution in [3.63, 3.8) is 0 Å². The second-order valence-corrected chi connectivity index (χ2v) is 11.0. The summed E-state index contributed by atoms with van der Waals surface area (Å²) < 4.78 is 5.83. The Bertz CT molecular complexity index is 694. The lowest BCUT2D eigenvalue weighted by molar-refractivity contribution is -0.151. The molecule has 7 atom stereocenters. The molecule has 0 spiro atoms. The van der Waals surface area contributed by atoms with Crippen LogP contribution in [-0.2, 0) is 14.3 Å². The molecule has 3 fully saturated rings. The molecule has 0 amide bonds. The Morgan fingerprint density at radius 3 is 2.62 bits per heavy atom. The summed E-state index contributed by atoms with van der Waals surface area (Å²) in [5, 5.41) is 0. The third kappa shape index (κ3) is 3.51. The molecule has 0 N–H and O–H groups in total. The van der Waals surface area contributed by atoms with E-state index in [1.165, 1.54) is 19.3 Å². The van der Waals surface area contributed by atoms with Gasteiger partial charge < -0.3 is 4.74 Å². The summed E-state index contributed by atoms with van der Waals surface area (Å²) in [7, 11) is 0. The van der Waals surface area contributed by atoms with Crippen LogP contribution in [0.4, 0.5) is 0 Å². The number of rotatable bonds is 5. The summed E-state index contributed by atoms with van der Waals surface area (Å²) >= 11 is 0. The molecule has 0 aromatic rings. The third-order valence-electron chi connectivity index (χ3n) is 9.58. The van der Waals surface area contributed by atoms with E-state index in [2.05, 4.69) is 26.8 Å². The molecular formula is C26H40O3. The Kier molecular flexibility index (Phi) is 5.72. The number of esters is 1. The molecule has 0 aliphatic heterocycles. The number of carbonyl (C=O) groups excluding carboxylic acids is 2. The van der Waals surface area contributed by atoms with Crippen LogP contribution in [-0.4, -0.2) is 17.9 Å². The minimum Gasteiger partial charge on any atom is -0.462 e. The molecule has 3 saturated carbocycles. The molecule has 0 bridgehead atoms. The fourth-order valence-electron chi connectivity index (χ4n) is 7.96. The van der Waals surface area contributed by atoms with Crippen LogP contribution >= 0.6 is 0 Å². The lowest BCUT2D eigenvalue weighted by Crippen LogP contribution is -2.51. The number of carbonyl (C=O) groups is 2. The summed E-state index contributed by atoms with van der Waals surface area (Å²) in [5.41, 5.74) is 2.05. The maximum absolute atomic E-state index is 12.3. The number of ether oxygens (including phenoxy) is 1. The van der Waals surface area contributed by atoms with Crippen LogP contribution < -0.4 is 0 Å². The third-order valence-corrected chi connectivity index (χ3v) is 9.58. The molecule has 4 rings (SSSR count). The first-order chi connectivity index (χ1) is 13.8. The van der Waals surface area contributed by atoms with E-state index >= 15 is 0 Å². The van der Waals surface area contributed by atoms with Gasteiger partial charge in [-0.25, -0.2) is 0 Å². The Labute approximate surface area is 177 Å².